The molecule has 1 heterocycles. The number of hydrogen-bond acceptors (Lipinski definition) is 5. The second kappa shape index (κ2) is 9.44. The smallest absolute Gasteiger partial charge is 0.362 e. The minimum Gasteiger partial charge on any atom is -0.362 e. The van der Waals surface area contributed by atoms with Gasteiger partial charge >= 0.3 is 11.9 Å². The third-order valence-corrected chi connectivity index (χ3v) is 7.21. The van der Waals surface area contributed by atoms with Crippen molar-refractivity contribution in [2.45, 2.75) is 56.7 Å². The predicted octanol–water partition coefficient (Wildman–Crippen LogP) is 5.67. The van der Waals surface area contributed by atoms with Gasteiger partial charge < -0.3 is 4.74 Å². The number of aromatic amines is 1. The van der Waals surface area contributed by atoms with Crippen molar-refractivity contribution < 1.29 is 22.7 Å². The highest BCUT2D eigenvalue weighted by atomic mass is 35.5. The highest BCUT2D eigenvalue weighted by Gasteiger charge is 2.56. The fraction of sp³-hybridized carbons (Fsp3) is 0.385. The van der Waals surface area contributed by atoms with Gasteiger partial charge in [0, 0.05) is 24.7 Å². The summed E-state index contributed by atoms with van der Waals surface area (Å²) in [4.78, 5) is 35.8. The largest absolute Gasteiger partial charge is 0.424 e. The number of aryl methyl sites for hydroxylation is 1. The number of ether oxygens (including phenoxy) is 1. The van der Waals surface area contributed by atoms with Crippen molar-refractivity contribution in [2.24, 2.45) is 0 Å². The van der Waals surface area contributed by atoms with Gasteiger partial charge in [-0.25, -0.2) is 9.78 Å². The minimum absolute atomic E-state index is 0.0147. The summed E-state index contributed by atoms with van der Waals surface area (Å²) < 4.78 is 44.5. The van der Waals surface area contributed by atoms with Gasteiger partial charge in [-0.05, 0) is 60.9 Å². The van der Waals surface area contributed by atoms with E-state index >= 15 is 0 Å². The lowest BCUT2D eigenvalue weighted by Gasteiger charge is -2.29. The monoisotopic (exact) mass is 519 g/mol. The maximum atomic E-state index is 13.3. The van der Waals surface area contributed by atoms with E-state index in [9.17, 15) is 22.8 Å². The summed E-state index contributed by atoms with van der Waals surface area (Å²) in [7, 11) is 0.857. The highest BCUT2D eigenvalue weighted by Crippen LogP contribution is 2.48. The van der Waals surface area contributed by atoms with Gasteiger partial charge in [0.15, 0.2) is 11.6 Å². The number of carbonyl (C=O) groups excluding carboxylic acids is 1. The third kappa shape index (κ3) is 5.08. The van der Waals surface area contributed by atoms with Gasteiger partial charge in [-0.15, -0.1) is 0 Å². The number of hydrogen-bond donors (Lipinski definition) is 1. The van der Waals surface area contributed by atoms with Crippen LogP contribution in [0.4, 0.5) is 13.2 Å². The molecular formula is C26H25ClF3N3O3. The molecule has 36 heavy (non-hydrogen) atoms. The molecule has 0 aliphatic heterocycles. The summed E-state index contributed by atoms with van der Waals surface area (Å²) in [6.45, 7) is 2.89. The van der Waals surface area contributed by atoms with Crippen molar-refractivity contribution >= 4 is 17.4 Å². The Morgan fingerprint density at radius 3 is 2.53 bits per heavy atom. The molecule has 1 N–H and O–H groups in total. The Morgan fingerprint density at radius 1 is 1.17 bits per heavy atom. The van der Waals surface area contributed by atoms with Crippen LogP contribution in [0.15, 0.2) is 47.3 Å². The number of halogens is 4. The maximum absolute atomic E-state index is 13.3. The van der Waals surface area contributed by atoms with Crippen molar-refractivity contribution in [1.82, 2.24) is 15.0 Å². The molecule has 1 fully saturated rings. The number of benzene rings is 2. The lowest BCUT2D eigenvalue weighted by molar-refractivity contribution is -0.252. The van der Waals surface area contributed by atoms with E-state index in [0.29, 0.717) is 23.6 Å². The minimum atomic E-state index is -4.84. The molecule has 190 valence electrons. The number of aromatic nitrogens is 3. The Morgan fingerprint density at radius 2 is 1.89 bits per heavy atom. The molecule has 1 atom stereocenters. The number of nitrogens with zero attached hydrogens (tertiary/aromatic N) is 2. The zero-order valence-corrected chi connectivity index (χ0v) is 20.8. The zero-order valence-electron chi connectivity index (χ0n) is 20.0. The van der Waals surface area contributed by atoms with Gasteiger partial charge in [0.05, 0.1) is 5.02 Å². The van der Waals surface area contributed by atoms with Gasteiger partial charge in [-0.2, -0.15) is 18.2 Å². The van der Waals surface area contributed by atoms with Crippen LogP contribution in [0.3, 0.4) is 0 Å². The summed E-state index contributed by atoms with van der Waals surface area (Å²) in [6, 6.07) is 12.5. The number of carbonyl (C=O) groups is 1. The normalized spacial score (nSPS) is 16.4. The molecule has 10 heteroatoms. The number of methoxy groups -OCH3 is 1. The Bertz CT molecular complexity index is 1370. The van der Waals surface area contributed by atoms with Crippen molar-refractivity contribution in [3.05, 3.63) is 69.1 Å². The number of nitrogens with one attached hydrogen (secondary N) is 1. The molecule has 0 amide bonds. The summed E-state index contributed by atoms with van der Waals surface area (Å²) in [5, 5.41) is 0.279. The van der Waals surface area contributed by atoms with Crippen molar-refractivity contribution in [2.75, 3.05) is 7.11 Å². The molecule has 1 aliphatic carbocycles. The molecule has 1 aromatic heterocycles. The fourth-order valence-corrected chi connectivity index (χ4v) is 4.15. The van der Waals surface area contributed by atoms with E-state index < -0.39 is 29.7 Å². The fourth-order valence-electron chi connectivity index (χ4n) is 3.94. The zero-order chi connectivity index (χ0) is 26.3. The first-order chi connectivity index (χ1) is 16.9. The molecule has 0 bridgehead atoms. The Kier molecular flexibility index (Phi) is 6.83. The number of H-pyrrole nitrogens is 1. The molecule has 0 spiro atoms. The van der Waals surface area contributed by atoms with Gasteiger partial charge in [0.2, 0.25) is 5.60 Å². The molecule has 1 aliphatic rings. The quantitative estimate of drug-likeness (QED) is 0.414. The number of Topliss-reactive ketones (excluding diaryl/α,β-unsaturated/α-hetero) is 1. The average molecular weight is 520 g/mol. The van der Waals surface area contributed by atoms with Crippen LogP contribution in [0.1, 0.15) is 44.2 Å². The van der Waals surface area contributed by atoms with Gasteiger partial charge in [0.1, 0.15) is 5.82 Å². The number of ketones is 1. The topological polar surface area (TPSA) is 84.9 Å². The summed E-state index contributed by atoms with van der Waals surface area (Å²) >= 11 is 6.37. The second-order valence-electron chi connectivity index (χ2n) is 9.44. The van der Waals surface area contributed by atoms with Crippen LogP contribution in [0.5, 0.6) is 0 Å². The van der Waals surface area contributed by atoms with Crippen LogP contribution in [-0.2, 0) is 21.4 Å². The third-order valence-electron chi connectivity index (χ3n) is 6.88. The molecule has 0 unspecified atom stereocenters. The van der Waals surface area contributed by atoms with E-state index in [1.54, 1.807) is 18.2 Å². The van der Waals surface area contributed by atoms with E-state index in [0.717, 1.165) is 25.5 Å². The van der Waals surface area contributed by atoms with E-state index in [1.165, 1.54) is 0 Å². The van der Waals surface area contributed by atoms with Crippen LogP contribution in [-0.4, -0.2) is 39.6 Å². The lowest BCUT2D eigenvalue weighted by Crippen LogP contribution is -2.51. The van der Waals surface area contributed by atoms with Crippen molar-refractivity contribution in [1.29, 1.82) is 0 Å². The molecular weight excluding hydrogens is 495 g/mol. The second-order valence-corrected chi connectivity index (χ2v) is 9.85. The first kappa shape index (κ1) is 26.0. The van der Waals surface area contributed by atoms with Crippen LogP contribution < -0.4 is 5.69 Å². The van der Waals surface area contributed by atoms with Crippen molar-refractivity contribution in [3.8, 4) is 22.8 Å². The first-order valence-corrected chi connectivity index (χ1v) is 11.8. The SMILES string of the molecule is CO[C@](C)(C(=O)CCc1ccc(Cl)c(-c2nc(-c3cccc(C4(C)CC4)c3)nc(=O)[nH]2)c1)C(F)(F)F. The average Bonchev–Trinajstić information content (AvgIpc) is 3.60. The number of alkyl halides is 3. The maximum Gasteiger partial charge on any atom is 0.424 e. The molecule has 4 rings (SSSR count). The Hall–Kier alpha value is -3.04. The standard InChI is InChI=1S/C26H25ClF3N3O3/c1-24(11-12-24)17-6-4-5-16(14-17)21-31-22(33-23(35)32-21)18-13-15(7-9-19(18)27)8-10-20(34)25(2,36-3)26(28,29)30/h4-7,9,13-14H,8,10-12H2,1-3H3,(H,31,32,33,35)/t25-/m1/s1. The van der Waals surface area contributed by atoms with E-state index in [1.807, 2.05) is 24.3 Å². The number of rotatable bonds is 8. The molecule has 0 radical (unpaired) electrons. The van der Waals surface area contributed by atoms with Crippen LogP contribution in [0.2, 0.25) is 5.02 Å². The lowest BCUT2D eigenvalue weighted by atomic mass is 9.94. The van der Waals surface area contributed by atoms with E-state index in [2.05, 4.69) is 26.6 Å². The molecule has 0 saturated heterocycles. The van der Waals surface area contributed by atoms with E-state index in [4.69, 9.17) is 11.6 Å². The molecule has 1 saturated carbocycles. The van der Waals surface area contributed by atoms with Crippen LogP contribution in [0.25, 0.3) is 22.8 Å². The first-order valence-electron chi connectivity index (χ1n) is 11.4. The van der Waals surface area contributed by atoms with Gasteiger partial charge in [-0.3, -0.25) is 9.78 Å². The summed E-state index contributed by atoms with van der Waals surface area (Å²) in [5.74, 6) is -0.684. The molecule has 3 aromatic rings. The Labute approximate surface area is 210 Å². The molecule has 2 aromatic carbocycles. The van der Waals surface area contributed by atoms with Crippen molar-refractivity contribution in [3.63, 3.8) is 0 Å². The van der Waals surface area contributed by atoms with Crippen LogP contribution >= 0.6 is 11.6 Å². The predicted molar refractivity (Wildman–Crippen MR) is 130 cm³/mol. The van der Waals surface area contributed by atoms with E-state index in [-0.39, 0.29) is 28.5 Å². The molecule has 6 nitrogen and oxygen atoms in total. The Balaban J connectivity index is 1.62. The van der Waals surface area contributed by atoms with Gasteiger partial charge in [-0.1, -0.05) is 42.8 Å². The highest BCUT2D eigenvalue weighted by molar-refractivity contribution is 6.33. The summed E-state index contributed by atoms with van der Waals surface area (Å²) in [5.41, 5.74) is -0.614. The van der Waals surface area contributed by atoms with Gasteiger partial charge in [0.25, 0.3) is 0 Å². The summed E-state index contributed by atoms with van der Waals surface area (Å²) in [6.07, 6.45) is -3.04. The van der Waals surface area contributed by atoms with Crippen LogP contribution in [0, 0.1) is 0 Å².